The molecule has 3 rings (SSSR count). The Morgan fingerprint density at radius 2 is 2.11 bits per heavy atom. The smallest absolute Gasteiger partial charge is 0.140 e. The highest BCUT2D eigenvalue weighted by Crippen LogP contribution is 2.27. The van der Waals surface area contributed by atoms with Crippen molar-refractivity contribution in [1.29, 1.82) is 0 Å². The largest absolute Gasteiger partial charge is 0.399 e. The van der Waals surface area contributed by atoms with Crippen LogP contribution >= 0.6 is 0 Å². The Morgan fingerprint density at radius 3 is 2.89 bits per heavy atom. The van der Waals surface area contributed by atoms with E-state index in [-0.39, 0.29) is 0 Å². The molecule has 1 aliphatic heterocycles. The van der Waals surface area contributed by atoms with Crippen LogP contribution in [0.3, 0.4) is 0 Å². The van der Waals surface area contributed by atoms with Crippen LogP contribution in [0.4, 0.5) is 11.5 Å². The molecule has 1 aromatic carbocycles. The van der Waals surface area contributed by atoms with Crippen LogP contribution in [0.15, 0.2) is 24.5 Å². The standard InChI is InChI=1S/C14H19N5/c1-10-8-18(2)5-6-19(10)14-12-4-3-11(15)7-13(12)16-9-17-14/h3-4,7,9-10H,5-6,8,15H2,1-2H3. The lowest BCUT2D eigenvalue weighted by Gasteiger charge is -2.39. The molecule has 2 N–H and O–H groups in total. The fourth-order valence-corrected chi connectivity index (χ4v) is 2.74. The van der Waals surface area contributed by atoms with E-state index >= 15 is 0 Å². The second kappa shape index (κ2) is 4.66. The van der Waals surface area contributed by atoms with Crippen LogP contribution in [0.25, 0.3) is 10.9 Å². The van der Waals surface area contributed by atoms with Crippen LogP contribution in [0.5, 0.6) is 0 Å². The molecular formula is C14H19N5. The van der Waals surface area contributed by atoms with Crippen LogP contribution in [0, 0.1) is 0 Å². The third-order valence-electron chi connectivity index (χ3n) is 3.74. The molecule has 1 unspecified atom stereocenters. The zero-order chi connectivity index (χ0) is 13.4. The van der Waals surface area contributed by atoms with Crippen molar-refractivity contribution in [3.05, 3.63) is 24.5 Å². The number of nitrogens with zero attached hydrogens (tertiary/aromatic N) is 4. The predicted octanol–water partition coefficient (Wildman–Crippen LogP) is 1.35. The lowest BCUT2D eigenvalue weighted by molar-refractivity contribution is 0.275. The van der Waals surface area contributed by atoms with Gasteiger partial charge in [-0.25, -0.2) is 9.97 Å². The fraction of sp³-hybridized carbons (Fsp3) is 0.429. The molecule has 5 heteroatoms. The number of aromatic nitrogens is 2. The topological polar surface area (TPSA) is 58.3 Å². The molecule has 0 aliphatic carbocycles. The van der Waals surface area contributed by atoms with Gasteiger partial charge in [0.25, 0.3) is 0 Å². The van der Waals surface area contributed by atoms with Crippen molar-refractivity contribution < 1.29 is 0 Å². The van der Waals surface area contributed by atoms with Crippen molar-refractivity contribution in [3.63, 3.8) is 0 Å². The normalized spacial score (nSPS) is 20.9. The van der Waals surface area contributed by atoms with E-state index in [9.17, 15) is 0 Å². The highest BCUT2D eigenvalue weighted by Gasteiger charge is 2.24. The zero-order valence-corrected chi connectivity index (χ0v) is 11.4. The van der Waals surface area contributed by atoms with Gasteiger partial charge in [-0.05, 0) is 32.2 Å². The molecule has 2 aromatic rings. The predicted molar refractivity (Wildman–Crippen MR) is 78.3 cm³/mol. The van der Waals surface area contributed by atoms with E-state index in [0.717, 1.165) is 42.0 Å². The molecule has 0 saturated carbocycles. The van der Waals surface area contributed by atoms with Crippen molar-refractivity contribution in [2.75, 3.05) is 37.3 Å². The lowest BCUT2D eigenvalue weighted by Crippen LogP contribution is -2.50. The second-order valence-corrected chi connectivity index (χ2v) is 5.28. The first kappa shape index (κ1) is 12.2. The maximum atomic E-state index is 5.82. The van der Waals surface area contributed by atoms with Gasteiger partial charge < -0.3 is 15.5 Å². The summed E-state index contributed by atoms with van der Waals surface area (Å²) < 4.78 is 0. The molecule has 1 atom stereocenters. The van der Waals surface area contributed by atoms with Crippen LogP contribution < -0.4 is 10.6 Å². The van der Waals surface area contributed by atoms with E-state index in [1.807, 2.05) is 18.2 Å². The van der Waals surface area contributed by atoms with E-state index in [1.165, 1.54) is 0 Å². The second-order valence-electron chi connectivity index (χ2n) is 5.28. The van der Waals surface area contributed by atoms with E-state index in [2.05, 4.69) is 33.7 Å². The molecule has 0 radical (unpaired) electrons. The highest BCUT2D eigenvalue weighted by molar-refractivity contribution is 5.91. The quantitative estimate of drug-likeness (QED) is 0.782. The zero-order valence-electron chi connectivity index (χ0n) is 11.4. The molecule has 2 heterocycles. The number of fused-ring (bicyclic) bond motifs is 1. The Kier molecular flexibility index (Phi) is 2.98. The van der Waals surface area contributed by atoms with Crippen LogP contribution in [-0.2, 0) is 0 Å². The molecule has 0 spiro atoms. The number of anilines is 2. The summed E-state index contributed by atoms with van der Waals surface area (Å²) in [5.74, 6) is 1.02. The Hall–Kier alpha value is -1.88. The van der Waals surface area contributed by atoms with Gasteiger partial charge >= 0.3 is 0 Å². The number of piperazine rings is 1. The number of nitrogens with two attached hydrogens (primary N) is 1. The molecule has 1 aromatic heterocycles. The summed E-state index contributed by atoms with van der Waals surface area (Å²) in [7, 11) is 2.16. The first-order chi connectivity index (χ1) is 9.15. The van der Waals surface area contributed by atoms with Crippen molar-refractivity contribution in [3.8, 4) is 0 Å². The highest BCUT2D eigenvalue weighted by atomic mass is 15.3. The van der Waals surface area contributed by atoms with E-state index in [4.69, 9.17) is 5.73 Å². The Morgan fingerprint density at radius 1 is 1.26 bits per heavy atom. The number of likely N-dealkylation sites (N-methyl/N-ethyl adjacent to an activating group) is 1. The van der Waals surface area contributed by atoms with Gasteiger partial charge in [-0.2, -0.15) is 0 Å². The number of benzene rings is 1. The van der Waals surface area contributed by atoms with E-state index in [0.29, 0.717) is 6.04 Å². The van der Waals surface area contributed by atoms with Crippen LogP contribution in [0.1, 0.15) is 6.92 Å². The molecule has 1 fully saturated rings. The van der Waals surface area contributed by atoms with Gasteiger partial charge in [-0.1, -0.05) is 0 Å². The lowest BCUT2D eigenvalue weighted by atomic mass is 10.1. The summed E-state index contributed by atoms with van der Waals surface area (Å²) in [5, 5.41) is 1.08. The molecule has 19 heavy (non-hydrogen) atoms. The number of hydrogen-bond donors (Lipinski definition) is 1. The van der Waals surface area contributed by atoms with Gasteiger partial charge in [0.1, 0.15) is 12.1 Å². The van der Waals surface area contributed by atoms with Crippen molar-refractivity contribution >= 4 is 22.4 Å². The minimum atomic E-state index is 0.453. The number of nitrogen functional groups attached to an aromatic ring is 1. The third kappa shape index (κ3) is 2.21. The third-order valence-corrected chi connectivity index (χ3v) is 3.74. The minimum absolute atomic E-state index is 0.453. The number of rotatable bonds is 1. The van der Waals surface area contributed by atoms with Crippen molar-refractivity contribution in [1.82, 2.24) is 14.9 Å². The summed E-state index contributed by atoms with van der Waals surface area (Å²) in [5.41, 5.74) is 7.47. The van der Waals surface area contributed by atoms with Crippen LogP contribution in [0.2, 0.25) is 0 Å². The molecular weight excluding hydrogens is 238 g/mol. The monoisotopic (exact) mass is 257 g/mol. The summed E-state index contributed by atoms with van der Waals surface area (Å²) in [4.78, 5) is 13.5. The van der Waals surface area contributed by atoms with Gasteiger partial charge in [-0.15, -0.1) is 0 Å². The van der Waals surface area contributed by atoms with Gasteiger partial charge in [0.15, 0.2) is 0 Å². The average Bonchev–Trinajstić information content (AvgIpc) is 2.38. The maximum Gasteiger partial charge on any atom is 0.140 e. The number of hydrogen-bond acceptors (Lipinski definition) is 5. The minimum Gasteiger partial charge on any atom is -0.399 e. The summed E-state index contributed by atoms with van der Waals surface area (Å²) in [6.45, 7) is 5.35. The Balaban J connectivity index is 2.05. The van der Waals surface area contributed by atoms with Crippen molar-refractivity contribution in [2.45, 2.75) is 13.0 Å². The first-order valence-corrected chi connectivity index (χ1v) is 6.60. The summed E-state index contributed by atoms with van der Waals surface area (Å²) in [6, 6.07) is 6.29. The SMILES string of the molecule is CC1CN(C)CCN1c1ncnc2cc(N)ccc12. The Bertz CT molecular complexity index is 597. The molecule has 5 nitrogen and oxygen atoms in total. The first-order valence-electron chi connectivity index (χ1n) is 6.60. The van der Waals surface area contributed by atoms with Crippen molar-refractivity contribution in [2.24, 2.45) is 0 Å². The molecule has 0 amide bonds. The average molecular weight is 257 g/mol. The fourth-order valence-electron chi connectivity index (χ4n) is 2.74. The summed E-state index contributed by atoms with van der Waals surface area (Å²) >= 11 is 0. The van der Waals surface area contributed by atoms with E-state index < -0.39 is 0 Å². The molecule has 1 saturated heterocycles. The van der Waals surface area contributed by atoms with Gasteiger partial charge in [0.05, 0.1) is 5.52 Å². The molecule has 0 bridgehead atoms. The van der Waals surface area contributed by atoms with Gasteiger partial charge in [-0.3, -0.25) is 0 Å². The molecule has 1 aliphatic rings. The van der Waals surface area contributed by atoms with Gasteiger partial charge in [0.2, 0.25) is 0 Å². The molecule has 100 valence electrons. The van der Waals surface area contributed by atoms with Crippen LogP contribution in [-0.4, -0.2) is 47.6 Å². The maximum absolute atomic E-state index is 5.82. The summed E-state index contributed by atoms with van der Waals surface area (Å²) in [6.07, 6.45) is 1.63. The van der Waals surface area contributed by atoms with E-state index in [1.54, 1.807) is 6.33 Å². The Labute approximate surface area is 113 Å². The van der Waals surface area contributed by atoms with Gasteiger partial charge in [0, 0.05) is 36.7 Å².